The van der Waals surface area contributed by atoms with E-state index in [9.17, 15) is 0 Å². The number of rotatable bonds is 6. The van der Waals surface area contributed by atoms with E-state index in [4.69, 9.17) is 0 Å². The van der Waals surface area contributed by atoms with E-state index >= 15 is 0 Å². The summed E-state index contributed by atoms with van der Waals surface area (Å²) in [6.07, 6.45) is 3.79. The first-order valence-corrected chi connectivity index (χ1v) is 22.6. The highest BCUT2D eigenvalue weighted by molar-refractivity contribution is 7.25. The van der Waals surface area contributed by atoms with Crippen molar-refractivity contribution in [2.45, 2.75) is 0 Å². The topological polar surface area (TPSA) is 54.8 Å². The Balaban J connectivity index is 0.919. The largest absolute Gasteiger partial charge is 0.310 e. The average molecular weight is 840 g/mol. The third-order valence-electron chi connectivity index (χ3n) is 12.4. The van der Waals surface area contributed by atoms with E-state index < -0.39 is 0 Å². The van der Waals surface area contributed by atoms with Crippen LogP contribution >= 0.6 is 22.7 Å². The number of hydrogen-bond acceptors (Lipinski definition) is 7. The molecule has 13 rings (SSSR count). The van der Waals surface area contributed by atoms with Crippen molar-refractivity contribution in [2.75, 3.05) is 4.90 Å². The van der Waals surface area contributed by atoms with Crippen LogP contribution in [0.1, 0.15) is 0 Å². The molecule has 0 aliphatic rings. The molecule has 13 aromatic rings. The molecule has 294 valence electrons. The molecule has 4 aromatic heterocycles. The lowest BCUT2D eigenvalue weighted by atomic mass is 9.96. The van der Waals surface area contributed by atoms with Crippen LogP contribution in [-0.2, 0) is 0 Å². The summed E-state index contributed by atoms with van der Waals surface area (Å²) in [6.45, 7) is 0. The minimum Gasteiger partial charge on any atom is -0.310 e. The summed E-state index contributed by atoms with van der Waals surface area (Å²) in [4.78, 5) is 4.25. The molecular weight excluding hydrogens is 807 g/mol. The van der Waals surface area contributed by atoms with E-state index in [0.717, 1.165) is 59.7 Å². The number of fused-ring (bicyclic) bond motifs is 10. The molecule has 0 spiro atoms. The van der Waals surface area contributed by atoms with Crippen molar-refractivity contribution in [3.05, 3.63) is 200 Å². The maximum absolute atomic E-state index is 4.51. The predicted octanol–water partition coefficient (Wildman–Crippen LogP) is 15.9. The Morgan fingerprint density at radius 1 is 0.333 bits per heavy atom. The Morgan fingerprint density at radius 3 is 1.38 bits per heavy atom. The normalized spacial score (nSPS) is 11.8. The van der Waals surface area contributed by atoms with Crippen LogP contribution in [0.4, 0.5) is 17.1 Å². The highest BCUT2D eigenvalue weighted by Gasteiger charge is 2.18. The quantitative estimate of drug-likeness (QED) is 0.156. The minimum absolute atomic E-state index is 0.949. The van der Waals surface area contributed by atoms with Crippen molar-refractivity contribution in [1.82, 2.24) is 20.4 Å². The second-order valence-electron chi connectivity index (χ2n) is 16.0. The molecule has 0 N–H and O–H groups in total. The molecule has 0 unspecified atom stereocenters. The van der Waals surface area contributed by atoms with E-state index in [1.165, 1.54) is 63.6 Å². The van der Waals surface area contributed by atoms with E-state index in [0.29, 0.717) is 0 Å². The fourth-order valence-electron chi connectivity index (χ4n) is 9.35. The zero-order valence-electron chi connectivity index (χ0n) is 33.6. The van der Waals surface area contributed by atoms with Gasteiger partial charge in [-0.3, -0.25) is 0 Å². The summed E-state index contributed by atoms with van der Waals surface area (Å²) in [5.74, 6) is 0. The lowest BCUT2D eigenvalue weighted by Gasteiger charge is -2.26. The van der Waals surface area contributed by atoms with Crippen LogP contribution in [0.25, 0.3) is 106 Å². The smallest absolute Gasteiger partial charge is 0.147 e. The van der Waals surface area contributed by atoms with Gasteiger partial charge in [0.2, 0.25) is 0 Å². The van der Waals surface area contributed by atoms with E-state index in [1.807, 2.05) is 12.4 Å². The number of anilines is 3. The summed E-state index contributed by atoms with van der Waals surface area (Å²) in [5.41, 5.74) is 9.98. The fourth-order valence-corrected chi connectivity index (χ4v) is 11.4. The van der Waals surface area contributed by atoms with Crippen molar-refractivity contribution in [3.8, 4) is 33.4 Å². The molecule has 4 heterocycles. The molecule has 0 aliphatic heterocycles. The second-order valence-corrected chi connectivity index (χ2v) is 18.0. The van der Waals surface area contributed by atoms with Gasteiger partial charge in [-0.1, -0.05) is 127 Å². The first kappa shape index (κ1) is 35.9. The fraction of sp³-hybridized carbons (Fsp3) is 0. The third kappa shape index (κ3) is 5.97. The van der Waals surface area contributed by atoms with Crippen LogP contribution in [0.5, 0.6) is 0 Å². The van der Waals surface area contributed by atoms with Crippen molar-refractivity contribution in [3.63, 3.8) is 0 Å². The van der Waals surface area contributed by atoms with Gasteiger partial charge in [0, 0.05) is 59.1 Å². The molecule has 0 radical (unpaired) electrons. The number of hydrogen-bond donors (Lipinski definition) is 0. The molecule has 63 heavy (non-hydrogen) atoms. The SMILES string of the molecule is c1ccc2cc(-c3ccc4c(ccc5cc(N(c6ccc(-c7cnnc8sc9ccccc9c78)cc6)c6ccc(-c7cnnc8sc9ccccc9c78)cc6)ccc54)c3)ccc2c1. The van der Waals surface area contributed by atoms with Crippen LogP contribution in [0.2, 0.25) is 0 Å². The molecule has 0 bridgehead atoms. The second kappa shape index (κ2) is 14.4. The predicted molar refractivity (Wildman–Crippen MR) is 267 cm³/mol. The first-order chi connectivity index (χ1) is 31.2. The summed E-state index contributed by atoms with van der Waals surface area (Å²) < 4.78 is 2.43. The number of thiophene rings is 2. The monoisotopic (exact) mass is 839 g/mol. The number of aromatic nitrogens is 4. The minimum atomic E-state index is 0.949. The van der Waals surface area contributed by atoms with Crippen molar-refractivity contribution < 1.29 is 0 Å². The summed E-state index contributed by atoms with van der Waals surface area (Å²) in [5, 5.41) is 30.0. The Morgan fingerprint density at radius 2 is 0.778 bits per heavy atom. The molecule has 0 saturated carbocycles. The van der Waals surface area contributed by atoms with E-state index in [2.05, 4.69) is 213 Å². The van der Waals surface area contributed by atoms with Gasteiger partial charge in [0.25, 0.3) is 0 Å². The number of nitrogens with zero attached hydrogens (tertiary/aromatic N) is 5. The maximum Gasteiger partial charge on any atom is 0.147 e. The van der Waals surface area contributed by atoms with Crippen LogP contribution in [0.3, 0.4) is 0 Å². The van der Waals surface area contributed by atoms with Gasteiger partial charge < -0.3 is 4.90 Å². The Labute approximate surface area is 369 Å². The maximum atomic E-state index is 4.51. The van der Waals surface area contributed by atoms with Gasteiger partial charge in [-0.2, -0.15) is 10.2 Å². The molecule has 5 nitrogen and oxygen atoms in total. The summed E-state index contributed by atoms with van der Waals surface area (Å²) >= 11 is 3.37. The van der Waals surface area contributed by atoms with Crippen molar-refractivity contribution in [1.29, 1.82) is 0 Å². The zero-order chi connectivity index (χ0) is 41.4. The lowest BCUT2D eigenvalue weighted by molar-refractivity contribution is 1.09. The standard InChI is InChI=1S/C56H33N5S2/c1-2-8-37-29-38(14-13-34(37)7-1)39-21-27-45-40(30-39)15-16-41-31-44(26-28-46(41)45)61(42-22-17-35(18-23-42)49-32-57-59-55-53(49)47-9-3-5-11-51(47)62-55)43-24-19-36(20-25-43)50-33-58-60-56-54(50)48-10-4-6-12-52(48)63-56/h1-33H. The molecule has 7 heteroatoms. The summed E-state index contributed by atoms with van der Waals surface area (Å²) in [6, 6.07) is 68.2. The van der Waals surface area contributed by atoms with Crippen LogP contribution in [0, 0.1) is 0 Å². The van der Waals surface area contributed by atoms with Crippen LogP contribution < -0.4 is 4.90 Å². The zero-order valence-corrected chi connectivity index (χ0v) is 35.2. The highest BCUT2D eigenvalue weighted by Crippen LogP contribution is 2.43. The molecule has 0 aliphatic carbocycles. The highest BCUT2D eigenvalue weighted by atomic mass is 32.1. The van der Waals surface area contributed by atoms with Crippen molar-refractivity contribution in [2.24, 2.45) is 0 Å². The first-order valence-electron chi connectivity index (χ1n) is 20.9. The van der Waals surface area contributed by atoms with Gasteiger partial charge in [-0.25, -0.2) is 0 Å². The molecule has 0 atom stereocenters. The molecular formula is C56H33N5S2. The van der Waals surface area contributed by atoms with Crippen LogP contribution in [-0.4, -0.2) is 20.4 Å². The van der Waals surface area contributed by atoms with Crippen molar-refractivity contribution >= 4 is 113 Å². The summed E-state index contributed by atoms with van der Waals surface area (Å²) in [7, 11) is 0. The Bertz CT molecular complexity index is 3770. The Hall–Kier alpha value is -7.84. The average Bonchev–Trinajstić information content (AvgIpc) is 3.93. The van der Waals surface area contributed by atoms with E-state index in [1.54, 1.807) is 22.7 Å². The molecule has 0 saturated heterocycles. The number of benzene rings is 9. The van der Waals surface area contributed by atoms with E-state index in [-0.39, 0.29) is 0 Å². The van der Waals surface area contributed by atoms with Crippen LogP contribution in [0.15, 0.2) is 200 Å². The van der Waals surface area contributed by atoms with Gasteiger partial charge in [0.05, 0.1) is 12.4 Å². The van der Waals surface area contributed by atoms with Gasteiger partial charge in [0.15, 0.2) is 0 Å². The Kier molecular flexibility index (Phi) is 8.19. The third-order valence-corrected chi connectivity index (χ3v) is 14.5. The lowest BCUT2D eigenvalue weighted by Crippen LogP contribution is -2.10. The van der Waals surface area contributed by atoms with Gasteiger partial charge >= 0.3 is 0 Å². The van der Waals surface area contributed by atoms with Gasteiger partial charge in [-0.15, -0.1) is 32.9 Å². The molecule has 0 amide bonds. The van der Waals surface area contributed by atoms with Gasteiger partial charge in [-0.05, 0) is 115 Å². The molecule has 9 aromatic carbocycles. The molecule has 0 fully saturated rings. The van der Waals surface area contributed by atoms with Gasteiger partial charge in [0.1, 0.15) is 9.66 Å².